The van der Waals surface area contributed by atoms with E-state index in [1.165, 1.54) is 0 Å². The molecule has 2 N–H and O–H groups in total. The Kier molecular flexibility index (Phi) is 7.67. The molecule has 0 bridgehead atoms. The van der Waals surface area contributed by atoms with Gasteiger partial charge in [0, 0.05) is 42.7 Å². The standard InChI is InChI=1S/C23H33N5O2S/c1-5-17-8-6-7-9-19(17)26-20(29)15-27-10-12-28(13-11-27)22(30)24-14-18-16-31-21(25-18)23(2,3)4/h6-9,16H,5,10-15H2,1-4H3,(H,24,30)(H,26,29). The number of hydrogen-bond donors (Lipinski definition) is 2. The lowest BCUT2D eigenvalue weighted by Crippen LogP contribution is -2.52. The number of anilines is 1. The van der Waals surface area contributed by atoms with Crippen molar-refractivity contribution in [1.82, 2.24) is 20.1 Å². The van der Waals surface area contributed by atoms with Crippen LogP contribution in [0.15, 0.2) is 29.6 Å². The largest absolute Gasteiger partial charge is 0.332 e. The highest BCUT2D eigenvalue weighted by Crippen LogP contribution is 2.25. The molecule has 1 saturated heterocycles. The average molecular weight is 444 g/mol. The average Bonchev–Trinajstić information content (AvgIpc) is 3.22. The predicted octanol–water partition coefficient (Wildman–Crippen LogP) is 3.47. The molecular weight excluding hydrogens is 410 g/mol. The van der Waals surface area contributed by atoms with Crippen LogP contribution in [0.5, 0.6) is 0 Å². The Hall–Kier alpha value is -2.45. The van der Waals surface area contributed by atoms with Crippen molar-refractivity contribution in [2.75, 3.05) is 38.0 Å². The second-order valence-electron chi connectivity index (χ2n) is 8.87. The maximum absolute atomic E-state index is 12.5. The maximum Gasteiger partial charge on any atom is 0.317 e. The topological polar surface area (TPSA) is 77.6 Å². The molecule has 0 atom stereocenters. The summed E-state index contributed by atoms with van der Waals surface area (Å²) in [6.07, 6.45) is 0.878. The normalized spacial score (nSPS) is 15.0. The fourth-order valence-electron chi connectivity index (χ4n) is 3.46. The second-order valence-corrected chi connectivity index (χ2v) is 9.73. The van der Waals surface area contributed by atoms with Gasteiger partial charge in [0.15, 0.2) is 0 Å². The van der Waals surface area contributed by atoms with Gasteiger partial charge in [0.2, 0.25) is 5.91 Å². The van der Waals surface area contributed by atoms with E-state index in [0.717, 1.165) is 28.4 Å². The van der Waals surface area contributed by atoms with Crippen LogP contribution in [0.2, 0.25) is 0 Å². The molecule has 2 heterocycles. The zero-order valence-electron chi connectivity index (χ0n) is 18.9. The number of aromatic nitrogens is 1. The zero-order chi connectivity index (χ0) is 22.4. The maximum atomic E-state index is 12.5. The summed E-state index contributed by atoms with van der Waals surface area (Å²) >= 11 is 1.63. The molecule has 3 amide bonds. The lowest BCUT2D eigenvalue weighted by atomic mass is 9.98. The molecule has 7 nitrogen and oxygen atoms in total. The van der Waals surface area contributed by atoms with Crippen LogP contribution >= 0.6 is 11.3 Å². The van der Waals surface area contributed by atoms with E-state index in [0.29, 0.717) is 39.3 Å². The molecule has 0 saturated carbocycles. The lowest BCUT2D eigenvalue weighted by molar-refractivity contribution is -0.117. The van der Waals surface area contributed by atoms with Gasteiger partial charge in [-0.25, -0.2) is 9.78 Å². The number of nitrogens with zero attached hydrogens (tertiary/aromatic N) is 3. The number of urea groups is 1. The summed E-state index contributed by atoms with van der Waals surface area (Å²) in [5, 5.41) is 9.06. The van der Waals surface area contributed by atoms with Crippen molar-refractivity contribution in [2.45, 2.75) is 46.1 Å². The molecule has 168 valence electrons. The number of amides is 3. The minimum absolute atomic E-state index is 0.0167. The van der Waals surface area contributed by atoms with Gasteiger partial charge in [-0.15, -0.1) is 11.3 Å². The monoisotopic (exact) mass is 443 g/mol. The molecule has 1 aliphatic rings. The van der Waals surface area contributed by atoms with Crippen molar-refractivity contribution in [3.8, 4) is 0 Å². The Morgan fingerprint density at radius 3 is 2.48 bits per heavy atom. The van der Waals surface area contributed by atoms with Gasteiger partial charge in [-0.05, 0) is 18.1 Å². The highest BCUT2D eigenvalue weighted by molar-refractivity contribution is 7.09. The summed E-state index contributed by atoms with van der Waals surface area (Å²) in [5.41, 5.74) is 2.93. The number of para-hydroxylation sites is 1. The fraction of sp³-hybridized carbons (Fsp3) is 0.522. The molecule has 0 radical (unpaired) electrons. The van der Waals surface area contributed by atoms with Crippen molar-refractivity contribution in [3.63, 3.8) is 0 Å². The van der Waals surface area contributed by atoms with Gasteiger partial charge in [0.05, 0.1) is 23.8 Å². The van der Waals surface area contributed by atoms with Crippen LogP contribution in [0.3, 0.4) is 0 Å². The van der Waals surface area contributed by atoms with E-state index in [-0.39, 0.29) is 17.4 Å². The van der Waals surface area contributed by atoms with Crippen LogP contribution in [-0.2, 0) is 23.2 Å². The number of thiazole rings is 1. The number of carbonyl (C=O) groups is 2. The van der Waals surface area contributed by atoms with Crippen LogP contribution in [0, 0.1) is 0 Å². The van der Waals surface area contributed by atoms with Crippen LogP contribution in [0.1, 0.15) is 44.0 Å². The first kappa shape index (κ1) is 23.2. The van der Waals surface area contributed by atoms with E-state index in [9.17, 15) is 9.59 Å². The first-order chi connectivity index (χ1) is 14.8. The zero-order valence-corrected chi connectivity index (χ0v) is 19.7. The molecule has 0 aliphatic carbocycles. The molecule has 1 aromatic heterocycles. The van der Waals surface area contributed by atoms with E-state index >= 15 is 0 Å². The number of benzene rings is 1. The Morgan fingerprint density at radius 2 is 1.84 bits per heavy atom. The van der Waals surface area contributed by atoms with Gasteiger partial charge in [0.25, 0.3) is 0 Å². The molecule has 3 rings (SSSR count). The van der Waals surface area contributed by atoms with Crippen LogP contribution < -0.4 is 10.6 Å². The molecule has 1 aliphatic heterocycles. The summed E-state index contributed by atoms with van der Waals surface area (Å²) < 4.78 is 0. The van der Waals surface area contributed by atoms with E-state index < -0.39 is 0 Å². The summed E-state index contributed by atoms with van der Waals surface area (Å²) in [4.78, 5) is 33.5. The van der Waals surface area contributed by atoms with Gasteiger partial charge in [-0.3, -0.25) is 9.69 Å². The Balaban J connectivity index is 1.41. The van der Waals surface area contributed by atoms with Gasteiger partial charge in [-0.2, -0.15) is 0 Å². The van der Waals surface area contributed by atoms with Crippen LogP contribution in [0.25, 0.3) is 0 Å². The second kappa shape index (κ2) is 10.2. The minimum atomic E-state index is -0.0775. The van der Waals surface area contributed by atoms with E-state index in [2.05, 4.69) is 48.2 Å². The van der Waals surface area contributed by atoms with E-state index in [1.54, 1.807) is 16.2 Å². The number of rotatable bonds is 6. The highest BCUT2D eigenvalue weighted by atomic mass is 32.1. The first-order valence-corrected chi connectivity index (χ1v) is 11.7. The van der Waals surface area contributed by atoms with Crippen molar-refractivity contribution < 1.29 is 9.59 Å². The number of carbonyl (C=O) groups excluding carboxylic acids is 2. The van der Waals surface area contributed by atoms with E-state index in [1.807, 2.05) is 29.6 Å². The molecule has 1 aromatic carbocycles. The Bertz CT molecular complexity index is 897. The molecule has 0 unspecified atom stereocenters. The smallest absolute Gasteiger partial charge is 0.317 e. The third kappa shape index (κ3) is 6.51. The van der Waals surface area contributed by atoms with E-state index in [4.69, 9.17) is 0 Å². The Labute approximate surface area is 188 Å². The SMILES string of the molecule is CCc1ccccc1NC(=O)CN1CCN(C(=O)NCc2csc(C(C)(C)C)n2)CC1. The third-order valence-corrected chi connectivity index (χ3v) is 6.63. The van der Waals surface area contributed by atoms with Gasteiger partial charge in [0.1, 0.15) is 0 Å². The minimum Gasteiger partial charge on any atom is -0.332 e. The third-order valence-electron chi connectivity index (χ3n) is 5.31. The van der Waals surface area contributed by atoms with Crippen molar-refractivity contribution >= 4 is 29.0 Å². The number of aryl methyl sites for hydroxylation is 1. The quantitative estimate of drug-likeness (QED) is 0.717. The number of piperazine rings is 1. The fourth-order valence-corrected chi connectivity index (χ4v) is 4.37. The van der Waals surface area contributed by atoms with Gasteiger partial charge >= 0.3 is 6.03 Å². The molecule has 8 heteroatoms. The van der Waals surface area contributed by atoms with Crippen molar-refractivity contribution in [1.29, 1.82) is 0 Å². The van der Waals surface area contributed by atoms with Crippen LogP contribution in [0.4, 0.5) is 10.5 Å². The number of nitrogens with one attached hydrogen (secondary N) is 2. The summed E-state index contributed by atoms with van der Waals surface area (Å²) in [6, 6.07) is 7.80. The van der Waals surface area contributed by atoms with Crippen molar-refractivity contribution in [3.05, 3.63) is 45.9 Å². The molecule has 0 spiro atoms. The lowest BCUT2D eigenvalue weighted by Gasteiger charge is -2.34. The van der Waals surface area contributed by atoms with Crippen molar-refractivity contribution in [2.24, 2.45) is 0 Å². The Morgan fingerprint density at radius 1 is 1.13 bits per heavy atom. The van der Waals surface area contributed by atoms with Gasteiger partial charge in [-0.1, -0.05) is 45.9 Å². The molecule has 2 aromatic rings. The molecular formula is C23H33N5O2S. The summed E-state index contributed by atoms with van der Waals surface area (Å²) in [5.74, 6) is -0.0167. The highest BCUT2D eigenvalue weighted by Gasteiger charge is 2.23. The van der Waals surface area contributed by atoms with Crippen LogP contribution in [-0.4, -0.2) is 59.4 Å². The summed E-state index contributed by atoms with van der Waals surface area (Å²) in [6.45, 7) is 11.8. The number of hydrogen-bond acceptors (Lipinski definition) is 5. The first-order valence-electron chi connectivity index (χ1n) is 10.8. The molecule has 1 fully saturated rings. The molecule has 31 heavy (non-hydrogen) atoms. The summed E-state index contributed by atoms with van der Waals surface area (Å²) in [7, 11) is 0. The van der Waals surface area contributed by atoms with Gasteiger partial charge < -0.3 is 15.5 Å². The predicted molar refractivity (Wildman–Crippen MR) is 126 cm³/mol.